The van der Waals surface area contributed by atoms with Gasteiger partial charge in [0.25, 0.3) is 0 Å². The molecule has 1 fully saturated rings. The van der Waals surface area contributed by atoms with Gasteiger partial charge in [-0.05, 0) is 75.9 Å². The molecule has 1 amide bonds. The average Bonchev–Trinajstić information content (AvgIpc) is 2.80. The number of ketones is 1. The number of Topliss-reactive ketones (excluding diaryl/α,β-unsaturated/α-hetero) is 1. The number of hydrogen-bond donors (Lipinski definition) is 2. The van der Waals surface area contributed by atoms with Crippen LogP contribution in [0.2, 0.25) is 0 Å². The van der Waals surface area contributed by atoms with E-state index in [-0.39, 0.29) is 23.9 Å². The summed E-state index contributed by atoms with van der Waals surface area (Å²) in [5, 5.41) is 6.76. The van der Waals surface area contributed by atoms with E-state index in [1.165, 1.54) is 12.8 Å². The summed E-state index contributed by atoms with van der Waals surface area (Å²) in [6, 6.07) is 18.0. The van der Waals surface area contributed by atoms with E-state index >= 15 is 0 Å². The maximum absolute atomic E-state index is 13.3. The SMILES string of the molecule is CC(=O)CCCCC[C@H](NC1CCCCN1C)C(=O)Nc1cccc(-c2ccccc2)c1. The molecule has 2 N–H and O–H groups in total. The molecular weight excluding hydrogens is 398 g/mol. The Morgan fingerprint density at radius 1 is 1.00 bits per heavy atom. The molecule has 2 aromatic carbocycles. The Bertz CT molecular complexity index is 868. The van der Waals surface area contributed by atoms with E-state index in [0.29, 0.717) is 6.42 Å². The molecule has 2 atom stereocenters. The second-order valence-electron chi connectivity index (χ2n) is 8.95. The fraction of sp³-hybridized carbons (Fsp3) is 0.481. The van der Waals surface area contributed by atoms with Gasteiger partial charge in [-0.2, -0.15) is 0 Å². The molecule has 0 bridgehead atoms. The summed E-state index contributed by atoms with van der Waals surface area (Å²) in [5.74, 6) is 0.250. The molecule has 32 heavy (non-hydrogen) atoms. The van der Waals surface area contributed by atoms with E-state index in [0.717, 1.165) is 55.5 Å². The first-order valence-electron chi connectivity index (χ1n) is 11.9. The normalized spacial score (nSPS) is 17.6. The molecule has 1 saturated heterocycles. The summed E-state index contributed by atoms with van der Waals surface area (Å²) >= 11 is 0. The molecule has 0 radical (unpaired) electrons. The zero-order valence-corrected chi connectivity index (χ0v) is 19.5. The number of rotatable bonds is 11. The average molecular weight is 436 g/mol. The Kier molecular flexibility index (Phi) is 9.44. The van der Waals surface area contributed by atoms with Crippen molar-refractivity contribution in [1.82, 2.24) is 10.2 Å². The lowest BCUT2D eigenvalue weighted by Crippen LogP contribution is -2.53. The molecule has 0 aliphatic carbocycles. The lowest BCUT2D eigenvalue weighted by atomic mass is 10.0. The molecule has 172 valence electrons. The van der Waals surface area contributed by atoms with Crippen molar-refractivity contribution in [1.29, 1.82) is 0 Å². The van der Waals surface area contributed by atoms with Gasteiger partial charge in [0.2, 0.25) is 5.91 Å². The molecule has 1 aliphatic heterocycles. The van der Waals surface area contributed by atoms with Crippen molar-refractivity contribution in [3.63, 3.8) is 0 Å². The standard InChI is InChI=1S/C27H37N3O2/c1-21(31)12-5-3-8-17-25(29-26-18-9-10-19-30(26)2)27(32)28-24-16-11-15-23(20-24)22-13-6-4-7-14-22/h4,6-7,11,13-16,20,25-26,29H,3,5,8-10,12,17-19H2,1-2H3,(H,28,32)/t25-,26?/m0/s1. The van der Waals surface area contributed by atoms with Crippen molar-refractivity contribution in [2.45, 2.75) is 70.5 Å². The number of carbonyl (C=O) groups is 2. The third kappa shape index (κ3) is 7.57. The minimum atomic E-state index is -0.252. The van der Waals surface area contributed by atoms with E-state index in [1.54, 1.807) is 6.92 Å². The van der Waals surface area contributed by atoms with Crippen LogP contribution in [0.4, 0.5) is 5.69 Å². The van der Waals surface area contributed by atoms with E-state index in [4.69, 9.17) is 0 Å². The molecule has 2 aromatic rings. The minimum Gasteiger partial charge on any atom is -0.325 e. The topological polar surface area (TPSA) is 61.4 Å². The highest BCUT2D eigenvalue weighted by atomic mass is 16.2. The maximum Gasteiger partial charge on any atom is 0.241 e. The van der Waals surface area contributed by atoms with Crippen LogP contribution in [0.3, 0.4) is 0 Å². The highest BCUT2D eigenvalue weighted by Crippen LogP contribution is 2.23. The summed E-state index contributed by atoms with van der Waals surface area (Å²) in [4.78, 5) is 26.8. The Morgan fingerprint density at radius 3 is 2.53 bits per heavy atom. The van der Waals surface area contributed by atoms with Gasteiger partial charge in [0, 0.05) is 12.1 Å². The van der Waals surface area contributed by atoms with Gasteiger partial charge in [0.05, 0.1) is 12.2 Å². The third-order valence-electron chi connectivity index (χ3n) is 6.24. The van der Waals surface area contributed by atoms with Gasteiger partial charge >= 0.3 is 0 Å². The molecule has 1 unspecified atom stereocenters. The van der Waals surface area contributed by atoms with Crippen LogP contribution in [-0.2, 0) is 9.59 Å². The van der Waals surface area contributed by atoms with Gasteiger partial charge < -0.3 is 10.1 Å². The lowest BCUT2D eigenvalue weighted by molar-refractivity contribution is -0.119. The summed E-state index contributed by atoms with van der Waals surface area (Å²) in [6.07, 6.45) is 7.88. The van der Waals surface area contributed by atoms with Crippen LogP contribution in [0.15, 0.2) is 54.6 Å². The van der Waals surface area contributed by atoms with Gasteiger partial charge in [-0.25, -0.2) is 0 Å². The Balaban J connectivity index is 1.64. The zero-order valence-electron chi connectivity index (χ0n) is 19.5. The van der Waals surface area contributed by atoms with E-state index in [1.807, 2.05) is 36.4 Å². The number of hydrogen-bond acceptors (Lipinski definition) is 4. The highest BCUT2D eigenvalue weighted by molar-refractivity contribution is 5.95. The monoisotopic (exact) mass is 435 g/mol. The quantitative estimate of drug-likeness (QED) is 0.474. The molecule has 1 aliphatic rings. The van der Waals surface area contributed by atoms with Gasteiger partial charge in [0.1, 0.15) is 5.78 Å². The minimum absolute atomic E-state index is 0.0146. The molecule has 0 aromatic heterocycles. The number of unbranched alkanes of at least 4 members (excludes halogenated alkanes) is 2. The molecule has 3 rings (SSSR count). The number of piperidine rings is 1. The first-order chi connectivity index (χ1) is 15.5. The van der Waals surface area contributed by atoms with Crippen LogP contribution in [-0.4, -0.2) is 42.4 Å². The number of nitrogens with one attached hydrogen (secondary N) is 2. The van der Waals surface area contributed by atoms with E-state index in [9.17, 15) is 9.59 Å². The largest absolute Gasteiger partial charge is 0.325 e. The molecule has 0 saturated carbocycles. The third-order valence-corrected chi connectivity index (χ3v) is 6.24. The summed E-state index contributed by atoms with van der Waals surface area (Å²) in [6.45, 7) is 2.70. The number of amides is 1. The van der Waals surface area contributed by atoms with Gasteiger partial charge in [-0.3, -0.25) is 15.0 Å². The second-order valence-corrected chi connectivity index (χ2v) is 8.95. The summed E-state index contributed by atoms with van der Waals surface area (Å²) < 4.78 is 0. The lowest BCUT2D eigenvalue weighted by Gasteiger charge is -2.35. The Hall–Kier alpha value is -2.50. The van der Waals surface area contributed by atoms with Crippen molar-refractivity contribution in [3.8, 4) is 11.1 Å². The number of benzene rings is 2. The van der Waals surface area contributed by atoms with Crippen LogP contribution in [0.5, 0.6) is 0 Å². The first-order valence-corrected chi connectivity index (χ1v) is 11.9. The summed E-state index contributed by atoms with van der Waals surface area (Å²) in [5.41, 5.74) is 3.04. The number of carbonyl (C=O) groups excluding carboxylic acids is 2. The fourth-order valence-corrected chi connectivity index (χ4v) is 4.34. The van der Waals surface area contributed by atoms with E-state index in [2.05, 4.69) is 40.8 Å². The first kappa shape index (κ1) is 24.1. The highest BCUT2D eigenvalue weighted by Gasteiger charge is 2.26. The van der Waals surface area contributed by atoms with Crippen molar-refractivity contribution in [2.75, 3.05) is 18.9 Å². The molecule has 1 heterocycles. The van der Waals surface area contributed by atoms with Crippen LogP contribution in [0.1, 0.15) is 58.3 Å². The van der Waals surface area contributed by atoms with Crippen molar-refractivity contribution >= 4 is 17.4 Å². The Labute approximate surface area is 192 Å². The van der Waals surface area contributed by atoms with Crippen LogP contribution >= 0.6 is 0 Å². The molecule has 5 nitrogen and oxygen atoms in total. The van der Waals surface area contributed by atoms with Crippen LogP contribution in [0.25, 0.3) is 11.1 Å². The van der Waals surface area contributed by atoms with Crippen molar-refractivity contribution in [2.24, 2.45) is 0 Å². The number of likely N-dealkylation sites (tertiary alicyclic amines) is 1. The predicted octanol–water partition coefficient (Wildman–Crippen LogP) is 5.23. The predicted molar refractivity (Wildman–Crippen MR) is 131 cm³/mol. The summed E-state index contributed by atoms with van der Waals surface area (Å²) in [7, 11) is 2.13. The molecular formula is C27H37N3O2. The number of nitrogens with zero attached hydrogens (tertiary/aromatic N) is 1. The molecule has 5 heteroatoms. The van der Waals surface area contributed by atoms with Crippen LogP contribution in [0, 0.1) is 0 Å². The second kappa shape index (κ2) is 12.5. The van der Waals surface area contributed by atoms with Gasteiger partial charge in [-0.15, -0.1) is 0 Å². The fourth-order valence-electron chi connectivity index (χ4n) is 4.34. The van der Waals surface area contributed by atoms with Gasteiger partial charge in [-0.1, -0.05) is 55.3 Å². The van der Waals surface area contributed by atoms with Crippen molar-refractivity contribution in [3.05, 3.63) is 54.6 Å². The van der Waals surface area contributed by atoms with Gasteiger partial charge in [0.15, 0.2) is 0 Å². The maximum atomic E-state index is 13.3. The molecule has 0 spiro atoms. The zero-order chi connectivity index (χ0) is 22.8. The smallest absolute Gasteiger partial charge is 0.241 e. The van der Waals surface area contributed by atoms with Crippen LogP contribution < -0.4 is 10.6 Å². The van der Waals surface area contributed by atoms with Crippen molar-refractivity contribution < 1.29 is 9.59 Å². The van der Waals surface area contributed by atoms with E-state index < -0.39 is 0 Å². The Morgan fingerprint density at radius 2 is 1.78 bits per heavy atom. The number of anilines is 1.